The lowest BCUT2D eigenvalue weighted by Crippen LogP contribution is -2.25. The van der Waals surface area contributed by atoms with Gasteiger partial charge >= 0.3 is 11.9 Å². The zero-order valence-corrected chi connectivity index (χ0v) is 21.7. The number of Topliss-reactive ketones (excluding diaryl/α,β-unsaturated/α-hetero) is 2. The molecular weight excluding hydrogens is 424 g/mol. The fourth-order valence-electron chi connectivity index (χ4n) is 3.71. The molecule has 0 spiro atoms. The maximum Gasteiger partial charge on any atom is 0.414 e. The summed E-state index contributed by atoms with van der Waals surface area (Å²) in [5.41, 5.74) is -0.795. The molecule has 0 aromatic heterocycles. The minimum absolute atomic E-state index is 0.00298. The predicted octanol–water partition coefficient (Wildman–Crippen LogP) is 5.66. The molecule has 0 aliphatic heterocycles. The van der Waals surface area contributed by atoms with Crippen molar-refractivity contribution in [2.24, 2.45) is 17.8 Å². The average molecular weight is 473 g/mol. The lowest BCUT2D eigenvalue weighted by molar-refractivity contribution is -0.159. The lowest BCUT2D eigenvalue weighted by Gasteiger charge is -2.23. The van der Waals surface area contributed by atoms with E-state index in [1.54, 1.807) is 0 Å². The Labute approximate surface area is 200 Å². The lowest BCUT2D eigenvalue weighted by atomic mass is 9.88. The fourth-order valence-corrected chi connectivity index (χ4v) is 3.71. The van der Waals surface area contributed by atoms with E-state index in [1.807, 2.05) is 6.92 Å². The molecule has 0 aliphatic carbocycles. The van der Waals surface area contributed by atoms with Crippen molar-refractivity contribution in [3.05, 3.63) is 0 Å². The molecule has 7 nitrogen and oxygen atoms in total. The molecule has 0 aromatic carbocycles. The Hall–Kier alpha value is -1.76. The third-order valence-corrected chi connectivity index (χ3v) is 5.86. The summed E-state index contributed by atoms with van der Waals surface area (Å²) in [4.78, 5) is 40.8. The maximum absolute atomic E-state index is 11.6. The van der Waals surface area contributed by atoms with Gasteiger partial charge in [-0.25, -0.2) is 9.59 Å². The molecule has 0 saturated carbocycles. The van der Waals surface area contributed by atoms with Crippen LogP contribution in [0.5, 0.6) is 0 Å². The first kappa shape index (κ1) is 33.4. The van der Waals surface area contributed by atoms with Gasteiger partial charge in [-0.3, -0.25) is 9.59 Å². The molecule has 0 amide bonds. The molecule has 0 rings (SSSR count). The minimum Gasteiger partial charge on any atom is -0.473 e. The molecule has 3 atom stereocenters. The van der Waals surface area contributed by atoms with E-state index in [-0.39, 0.29) is 18.0 Å². The van der Waals surface area contributed by atoms with Gasteiger partial charge in [0.25, 0.3) is 0 Å². The monoisotopic (exact) mass is 472 g/mol. The van der Waals surface area contributed by atoms with Crippen LogP contribution in [0.4, 0.5) is 0 Å². The average Bonchev–Trinajstić information content (AvgIpc) is 2.66. The Balaban J connectivity index is 0. The SMILES string of the molecule is CC(=O)CC(=O)CCC(C)(O)CCCC(C)CCCC(C)CCCC(C)C.O=C(O)C(=O)O. The van der Waals surface area contributed by atoms with Gasteiger partial charge < -0.3 is 15.3 Å². The number of hydrogen-bond acceptors (Lipinski definition) is 5. The third kappa shape index (κ3) is 24.7. The van der Waals surface area contributed by atoms with Gasteiger partial charge in [0.1, 0.15) is 11.6 Å². The van der Waals surface area contributed by atoms with E-state index in [0.29, 0.717) is 18.8 Å². The molecular formula is C26H48O7. The molecule has 0 saturated heterocycles. The van der Waals surface area contributed by atoms with E-state index >= 15 is 0 Å². The van der Waals surface area contributed by atoms with Crippen LogP contribution in [0.1, 0.15) is 119 Å². The summed E-state index contributed by atoms with van der Waals surface area (Å²) in [6, 6.07) is 0. The van der Waals surface area contributed by atoms with E-state index in [0.717, 1.165) is 31.1 Å². The highest BCUT2D eigenvalue weighted by Crippen LogP contribution is 2.25. The summed E-state index contributed by atoms with van der Waals surface area (Å²) in [6.07, 6.45) is 11.6. The van der Waals surface area contributed by atoms with Crippen molar-refractivity contribution < 1.29 is 34.5 Å². The van der Waals surface area contributed by atoms with Gasteiger partial charge in [0.2, 0.25) is 0 Å². The first-order chi connectivity index (χ1) is 15.2. The highest BCUT2D eigenvalue weighted by Gasteiger charge is 2.22. The number of rotatable bonds is 17. The van der Waals surface area contributed by atoms with Crippen LogP contribution in [-0.2, 0) is 19.2 Å². The topological polar surface area (TPSA) is 129 Å². The second-order valence-electron chi connectivity index (χ2n) is 10.4. The first-order valence-corrected chi connectivity index (χ1v) is 12.4. The number of hydrogen-bond donors (Lipinski definition) is 3. The number of carbonyl (C=O) groups excluding carboxylic acids is 2. The van der Waals surface area contributed by atoms with Gasteiger partial charge in [0, 0.05) is 6.42 Å². The van der Waals surface area contributed by atoms with Crippen molar-refractivity contribution in [2.45, 2.75) is 124 Å². The van der Waals surface area contributed by atoms with Gasteiger partial charge in [0.15, 0.2) is 0 Å². The van der Waals surface area contributed by atoms with E-state index in [9.17, 15) is 14.7 Å². The highest BCUT2D eigenvalue weighted by atomic mass is 16.4. The molecule has 3 N–H and O–H groups in total. The highest BCUT2D eigenvalue weighted by molar-refractivity contribution is 6.27. The van der Waals surface area contributed by atoms with Crippen LogP contribution >= 0.6 is 0 Å². The summed E-state index contributed by atoms with van der Waals surface area (Å²) in [5, 5.41) is 25.2. The second kappa shape index (κ2) is 18.6. The quantitative estimate of drug-likeness (QED) is 0.184. The standard InChI is InChI=1S/C24H46O3.C2H2O4/c1-19(2)10-7-11-20(3)12-8-13-21(4)14-9-16-24(6,27)17-15-23(26)18-22(5)25;3-1(4)2(5)6/h19-21,27H,7-18H2,1-6H3;(H,3,4)(H,5,6). The van der Waals surface area contributed by atoms with E-state index < -0.39 is 17.5 Å². The van der Waals surface area contributed by atoms with Crippen LogP contribution < -0.4 is 0 Å². The van der Waals surface area contributed by atoms with Crippen molar-refractivity contribution in [2.75, 3.05) is 0 Å². The van der Waals surface area contributed by atoms with Gasteiger partial charge in [-0.2, -0.15) is 0 Å². The summed E-state index contributed by atoms with van der Waals surface area (Å²) >= 11 is 0. The molecule has 3 unspecified atom stereocenters. The molecule has 33 heavy (non-hydrogen) atoms. The fraction of sp³-hybridized carbons (Fsp3) is 0.846. The molecule has 0 radical (unpaired) electrons. The zero-order chi connectivity index (χ0) is 26.0. The minimum atomic E-state index is -1.82. The summed E-state index contributed by atoms with van der Waals surface area (Å²) < 4.78 is 0. The van der Waals surface area contributed by atoms with Crippen molar-refractivity contribution in [1.82, 2.24) is 0 Å². The first-order valence-electron chi connectivity index (χ1n) is 12.4. The number of carboxylic acid groups (broad SMARTS) is 2. The number of carbonyl (C=O) groups is 4. The Morgan fingerprint density at radius 2 is 1.15 bits per heavy atom. The number of aliphatic hydroxyl groups is 1. The van der Waals surface area contributed by atoms with Crippen LogP contribution in [0.15, 0.2) is 0 Å². The van der Waals surface area contributed by atoms with Gasteiger partial charge in [-0.15, -0.1) is 0 Å². The predicted molar refractivity (Wildman–Crippen MR) is 130 cm³/mol. The van der Waals surface area contributed by atoms with Crippen LogP contribution in [0.25, 0.3) is 0 Å². The molecule has 0 fully saturated rings. The molecule has 0 bridgehead atoms. The van der Waals surface area contributed by atoms with Crippen LogP contribution in [0, 0.1) is 17.8 Å². The van der Waals surface area contributed by atoms with Crippen LogP contribution in [-0.4, -0.2) is 44.4 Å². The summed E-state index contributed by atoms with van der Waals surface area (Å²) in [6.45, 7) is 12.5. The van der Waals surface area contributed by atoms with Crippen LogP contribution in [0.3, 0.4) is 0 Å². The number of ketones is 2. The van der Waals surface area contributed by atoms with E-state index in [4.69, 9.17) is 19.8 Å². The maximum atomic E-state index is 11.6. The van der Waals surface area contributed by atoms with Crippen molar-refractivity contribution in [3.8, 4) is 0 Å². The Kier molecular flexibility index (Phi) is 18.9. The number of carboxylic acids is 2. The van der Waals surface area contributed by atoms with Crippen molar-refractivity contribution in [3.63, 3.8) is 0 Å². The molecule has 0 aromatic rings. The number of aliphatic carboxylic acids is 2. The summed E-state index contributed by atoms with van der Waals surface area (Å²) in [5.74, 6) is -1.44. The van der Waals surface area contributed by atoms with Gasteiger partial charge in [-0.1, -0.05) is 79.1 Å². The largest absolute Gasteiger partial charge is 0.473 e. The second-order valence-corrected chi connectivity index (χ2v) is 10.4. The smallest absolute Gasteiger partial charge is 0.414 e. The third-order valence-electron chi connectivity index (χ3n) is 5.86. The van der Waals surface area contributed by atoms with Gasteiger partial charge in [-0.05, 0) is 44.4 Å². The van der Waals surface area contributed by atoms with Crippen molar-refractivity contribution in [1.29, 1.82) is 0 Å². The molecule has 194 valence electrons. The Bertz CT molecular complexity index is 569. The zero-order valence-electron chi connectivity index (χ0n) is 21.7. The Morgan fingerprint density at radius 1 is 0.727 bits per heavy atom. The van der Waals surface area contributed by atoms with Crippen LogP contribution in [0.2, 0.25) is 0 Å². The summed E-state index contributed by atoms with van der Waals surface area (Å²) in [7, 11) is 0. The normalized spacial score (nSPS) is 14.5. The molecule has 7 heteroatoms. The Morgan fingerprint density at radius 3 is 1.55 bits per heavy atom. The van der Waals surface area contributed by atoms with E-state index in [2.05, 4.69) is 27.7 Å². The molecule has 0 heterocycles. The van der Waals surface area contributed by atoms with Gasteiger partial charge in [0.05, 0.1) is 12.0 Å². The molecule has 0 aliphatic rings. The van der Waals surface area contributed by atoms with Crippen molar-refractivity contribution >= 4 is 23.5 Å². The van der Waals surface area contributed by atoms with E-state index in [1.165, 1.54) is 45.4 Å².